The molecule has 3 rings (SSSR count). The minimum atomic E-state index is -0.507. The highest BCUT2D eigenvalue weighted by Crippen LogP contribution is 2.23. The van der Waals surface area contributed by atoms with E-state index >= 15 is 0 Å². The number of hydrogen-bond donors (Lipinski definition) is 1. The smallest absolute Gasteiger partial charge is 0.341 e. The number of rotatable bonds is 8. The van der Waals surface area contributed by atoms with Gasteiger partial charge in [-0.3, -0.25) is 4.79 Å². The van der Waals surface area contributed by atoms with Gasteiger partial charge in [-0.15, -0.1) is 0 Å². The van der Waals surface area contributed by atoms with Crippen molar-refractivity contribution in [1.29, 1.82) is 0 Å². The Bertz CT molecular complexity index is 1140. The molecule has 0 atom stereocenters. The van der Waals surface area contributed by atoms with E-state index in [1.165, 1.54) is 20.3 Å². The van der Waals surface area contributed by atoms with E-state index in [-0.39, 0.29) is 12.5 Å². The summed E-state index contributed by atoms with van der Waals surface area (Å²) in [5.74, 6) is -0.399. The van der Waals surface area contributed by atoms with Gasteiger partial charge in [0.15, 0.2) is 0 Å². The quantitative estimate of drug-likeness (QED) is 0.411. The standard InChI is InChI=1S/C24H24ClN3O4/c1-16-19(23(25)28(27-16)15-17-7-5-4-6-8-17)10-12-22(29)26-14-18-9-11-21(31-2)20(13-18)24(30)32-3/h4-13H,14-15H2,1-3H3,(H,26,29)/b12-10+. The van der Waals surface area contributed by atoms with E-state index in [1.54, 1.807) is 29.0 Å². The van der Waals surface area contributed by atoms with Gasteiger partial charge in [0.2, 0.25) is 5.91 Å². The van der Waals surface area contributed by atoms with Crippen LogP contribution in [0.25, 0.3) is 6.08 Å². The minimum absolute atomic E-state index is 0.233. The van der Waals surface area contributed by atoms with Crippen molar-refractivity contribution in [3.05, 3.63) is 87.7 Å². The summed E-state index contributed by atoms with van der Waals surface area (Å²) in [6.45, 7) is 2.62. The van der Waals surface area contributed by atoms with Gasteiger partial charge in [-0.05, 0) is 36.3 Å². The number of nitrogens with one attached hydrogen (secondary N) is 1. The molecule has 0 aliphatic carbocycles. The lowest BCUT2D eigenvalue weighted by molar-refractivity contribution is -0.116. The Kier molecular flexibility index (Phi) is 7.68. The topological polar surface area (TPSA) is 82.5 Å². The highest BCUT2D eigenvalue weighted by molar-refractivity contribution is 6.31. The zero-order valence-corrected chi connectivity index (χ0v) is 18.8. The number of aryl methyl sites for hydroxylation is 1. The molecule has 0 radical (unpaired) electrons. The molecule has 1 N–H and O–H groups in total. The molecule has 3 aromatic rings. The molecule has 0 saturated heterocycles. The molecule has 7 nitrogen and oxygen atoms in total. The molecule has 0 unspecified atom stereocenters. The third-order valence-corrected chi connectivity index (χ3v) is 5.22. The van der Waals surface area contributed by atoms with E-state index in [1.807, 2.05) is 37.3 Å². The van der Waals surface area contributed by atoms with E-state index in [0.717, 1.165) is 16.8 Å². The van der Waals surface area contributed by atoms with Crippen molar-refractivity contribution in [2.45, 2.75) is 20.0 Å². The average Bonchev–Trinajstić information content (AvgIpc) is 3.08. The number of hydrogen-bond acceptors (Lipinski definition) is 5. The maximum atomic E-state index is 12.3. The van der Waals surface area contributed by atoms with Crippen LogP contribution in [0, 0.1) is 6.92 Å². The Labute approximate surface area is 191 Å². The molecule has 32 heavy (non-hydrogen) atoms. The summed E-state index contributed by atoms with van der Waals surface area (Å²) in [4.78, 5) is 24.2. The van der Waals surface area contributed by atoms with Crippen molar-refractivity contribution >= 4 is 29.6 Å². The number of nitrogens with zero attached hydrogens (tertiary/aromatic N) is 2. The van der Waals surface area contributed by atoms with Crippen molar-refractivity contribution in [2.75, 3.05) is 14.2 Å². The van der Waals surface area contributed by atoms with Gasteiger partial charge in [0.25, 0.3) is 0 Å². The normalized spacial score (nSPS) is 10.9. The van der Waals surface area contributed by atoms with E-state index in [0.29, 0.717) is 28.6 Å². The Morgan fingerprint density at radius 3 is 2.56 bits per heavy atom. The SMILES string of the molecule is COC(=O)c1cc(CNC(=O)/C=C/c2c(C)nn(Cc3ccccc3)c2Cl)ccc1OC. The predicted molar refractivity (Wildman–Crippen MR) is 123 cm³/mol. The number of benzene rings is 2. The van der Waals surface area contributed by atoms with Gasteiger partial charge in [0.1, 0.15) is 16.5 Å². The molecule has 166 valence electrons. The summed E-state index contributed by atoms with van der Waals surface area (Å²) in [6.07, 6.45) is 3.06. The molecule has 0 saturated carbocycles. The van der Waals surface area contributed by atoms with Crippen molar-refractivity contribution in [2.24, 2.45) is 0 Å². The van der Waals surface area contributed by atoms with Gasteiger partial charge in [-0.2, -0.15) is 5.10 Å². The molecular formula is C24H24ClN3O4. The molecule has 1 aromatic heterocycles. The molecule has 0 aliphatic heterocycles. The fourth-order valence-electron chi connectivity index (χ4n) is 3.16. The molecule has 0 fully saturated rings. The first-order valence-electron chi connectivity index (χ1n) is 9.91. The Hall–Kier alpha value is -3.58. The van der Waals surface area contributed by atoms with Crippen LogP contribution in [-0.2, 0) is 22.6 Å². The van der Waals surface area contributed by atoms with Crippen molar-refractivity contribution in [3.63, 3.8) is 0 Å². The number of aromatic nitrogens is 2. The first kappa shape index (κ1) is 23.1. The van der Waals surface area contributed by atoms with E-state index < -0.39 is 5.97 Å². The van der Waals surface area contributed by atoms with E-state index in [4.69, 9.17) is 21.1 Å². The first-order chi connectivity index (χ1) is 15.4. The summed E-state index contributed by atoms with van der Waals surface area (Å²) < 4.78 is 11.7. The monoisotopic (exact) mass is 453 g/mol. The highest BCUT2D eigenvalue weighted by atomic mass is 35.5. The first-order valence-corrected chi connectivity index (χ1v) is 10.3. The Morgan fingerprint density at radius 1 is 1.12 bits per heavy atom. The van der Waals surface area contributed by atoms with Gasteiger partial charge in [0.05, 0.1) is 26.5 Å². The van der Waals surface area contributed by atoms with Crippen LogP contribution in [-0.4, -0.2) is 35.9 Å². The second kappa shape index (κ2) is 10.6. The summed E-state index contributed by atoms with van der Waals surface area (Å²) in [7, 11) is 2.78. The second-order valence-electron chi connectivity index (χ2n) is 7.01. The largest absolute Gasteiger partial charge is 0.496 e. The average molecular weight is 454 g/mol. The summed E-state index contributed by atoms with van der Waals surface area (Å²) >= 11 is 6.49. The number of halogens is 1. The lowest BCUT2D eigenvalue weighted by atomic mass is 10.1. The summed E-state index contributed by atoms with van der Waals surface area (Å²) in [5, 5.41) is 7.73. The molecule has 8 heteroatoms. The van der Waals surface area contributed by atoms with Crippen molar-refractivity contribution in [1.82, 2.24) is 15.1 Å². The van der Waals surface area contributed by atoms with Crippen LogP contribution in [0.5, 0.6) is 5.75 Å². The minimum Gasteiger partial charge on any atom is -0.496 e. The summed E-state index contributed by atoms with van der Waals surface area (Å²) in [5.41, 5.74) is 3.53. The number of carbonyl (C=O) groups excluding carboxylic acids is 2. The molecule has 1 heterocycles. The van der Waals surface area contributed by atoms with Gasteiger partial charge in [-0.1, -0.05) is 48.0 Å². The molecular weight excluding hydrogens is 430 g/mol. The number of ether oxygens (including phenoxy) is 2. The maximum Gasteiger partial charge on any atom is 0.341 e. The lowest BCUT2D eigenvalue weighted by Gasteiger charge is -2.09. The van der Waals surface area contributed by atoms with E-state index in [9.17, 15) is 9.59 Å². The lowest BCUT2D eigenvalue weighted by Crippen LogP contribution is -2.20. The maximum absolute atomic E-state index is 12.3. The molecule has 0 aliphatic rings. The molecule has 0 bridgehead atoms. The van der Waals surface area contributed by atoms with Gasteiger partial charge >= 0.3 is 5.97 Å². The van der Waals surface area contributed by atoms with Crippen molar-refractivity contribution in [3.8, 4) is 5.75 Å². The fraction of sp³-hybridized carbons (Fsp3) is 0.208. The highest BCUT2D eigenvalue weighted by Gasteiger charge is 2.14. The van der Waals surface area contributed by atoms with Crippen LogP contribution in [0.1, 0.15) is 32.7 Å². The number of methoxy groups -OCH3 is 2. The van der Waals surface area contributed by atoms with Crippen LogP contribution in [0.4, 0.5) is 0 Å². The van der Waals surface area contributed by atoms with Gasteiger partial charge in [0, 0.05) is 18.2 Å². The zero-order valence-electron chi connectivity index (χ0n) is 18.1. The third-order valence-electron chi connectivity index (χ3n) is 4.82. The van der Waals surface area contributed by atoms with Crippen LogP contribution in [0.15, 0.2) is 54.6 Å². The molecule has 0 spiro atoms. The second-order valence-corrected chi connectivity index (χ2v) is 7.37. The van der Waals surface area contributed by atoms with E-state index in [2.05, 4.69) is 10.4 Å². The summed E-state index contributed by atoms with van der Waals surface area (Å²) in [6, 6.07) is 14.9. The fourth-order valence-corrected chi connectivity index (χ4v) is 3.46. The predicted octanol–water partition coefficient (Wildman–Crippen LogP) is 4.02. The molecule has 1 amide bonds. The molecule has 2 aromatic carbocycles. The van der Waals surface area contributed by atoms with Gasteiger partial charge < -0.3 is 14.8 Å². The Balaban J connectivity index is 1.65. The zero-order chi connectivity index (χ0) is 23.1. The van der Waals surface area contributed by atoms with Crippen molar-refractivity contribution < 1.29 is 19.1 Å². The number of esters is 1. The van der Waals surface area contributed by atoms with Crippen LogP contribution >= 0.6 is 11.6 Å². The number of carbonyl (C=O) groups is 2. The van der Waals surface area contributed by atoms with Crippen LogP contribution in [0.3, 0.4) is 0 Å². The third kappa shape index (κ3) is 5.56. The number of amides is 1. The van der Waals surface area contributed by atoms with Crippen LogP contribution < -0.4 is 10.1 Å². The van der Waals surface area contributed by atoms with Gasteiger partial charge in [-0.25, -0.2) is 9.48 Å². The Morgan fingerprint density at radius 2 is 1.88 bits per heavy atom. The van der Waals surface area contributed by atoms with Crippen LogP contribution in [0.2, 0.25) is 5.15 Å².